The smallest absolute Gasteiger partial charge is 0.356 e. The minimum Gasteiger partial charge on any atom is -0.476 e. The number of H-pyrrole nitrogens is 1. The molecule has 4 rings (SSSR count). The van der Waals surface area contributed by atoms with E-state index in [4.69, 9.17) is 16.7 Å². The van der Waals surface area contributed by atoms with Gasteiger partial charge in [-0.3, -0.25) is 5.10 Å². The maximum atomic E-state index is 11.2. The zero-order chi connectivity index (χ0) is 15.3. The topological polar surface area (TPSA) is 78.9 Å². The maximum Gasteiger partial charge on any atom is 0.356 e. The molecule has 1 aromatic heterocycles. The summed E-state index contributed by atoms with van der Waals surface area (Å²) in [5.41, 5.74) is 5.70. The van der Waals surface area contributed by atoms with Crippen molar-refractivity contribution < 1.29 is 9.90 Å². The molecular weight excluding hydrogens is 302 g/mol. The number of rotatable bonds is 2. The molecule has 1 aliphatic carbocycles. The number of benzene rings is 2. The zero-order valence-corrected chi connectivity index (χ0v) is 12.1. The van der Waals surface area contributed by atoms with Crippen LogP contribution in [0.25, 0.3) is 22.4 Å². The molecule has 0 amide bonds. The quantitative estimate of drug-likeness (QED) is 0.594. The Bertz CT molecular complexity index is 918. The summed E-state index contributed by atoms with van der Waals surface area (Å²) in [6.45, 7) is 0. The largest absolute Gasteiger partial charge is 0.476 e. The molecule has 0 bridgehead atoms. The highest BCUT2D eigenvalue weighted by Gasteiger charge is 2.21. The lowest BCUT2D eigenvalue weighted by molar-refractivity contribution is 0.0691. The molecule has 0 radical (unpaired) electrons. The summed E-state index contributed by atoms with van der Waals surface area (Å²) in [5.74, 6) is -1.07. The molecule has 0 spiro atoms. The molecule has 1 aliphatic rings. The fraction of sp³-hybridized carbons (Fsp3) is 0.0625. The van der Waals surface area contributed by atoms with Gasteiger partial charge in [-0.1, -0.05) is 35.0 Å². The maximum absolute atomic E-state index is 11.2. The number of aromatic amines is 1. The van der Waals surface area contributed by atoms with Crippen LogP contribution in [0.15, 0.2) is 36.4 Å². The Morgan fingerprint density at radius 1 is 1.14 bits per heavy atom. The number of hydrogen-bond donors (Lipinski definition) is 2. The van der Waals surface area contributed by atoms with E-state index in [1.54, 1.807) is 0 Å². The van der Waals surface area contributed by atoms with Crippen molar-refractivity contribution in [3.63, 3.8) is 0 Å². The van der Waals surface area contributed by atoms with E-state index in [1.165, 1.54) is 5.56 Å². The number of carbonyl (C=O) groups is 1. The summed E-state index contributed by atoms with van der Waals surface area (Å²) in [6.07, 6.45) is 0.802. The molecule has 0 fully saturated rings. The lowest BCUT2D eigenvalue weighted by atomic mass is 10.0. The number of nitrogens with one attached hydrogen (secondary N) is 1. The molecule has 5 nitrogen and oxygen atoms in total. The van der Waals surface area contributed by atoms with Gasteiger partial charge in [0.05, 0.1) is 0 Å². The summed E-state index contributed by atoms with van der Waals surface area (Å²) < 4.78 is 0. The van der Waals surface area contributed by atoms with Gasteiger partial charge in [-0.2, -0.15) is 0 Å². The van der Waals surface area contributed by atoms with E-state index in [0.29, 0.717) is 10.7 Å². The van der Waals surface area contributed by atoms with E-state index >= 15 is 0 Å². The summed E-state index contributed by atoms with van der Waals surface area (Å²) in [4.78, 5) is 11.2. The van der Waals surface area contributed by atoms with Crippen molar-refractivity contribution in [2.45, 2.75) is 6.42 Å². The molecule has 108 valence electrons. The number of fused-ring (bicyclic) bond motifs is 3. The van der Waals surface area contributed by atoms with Crippen LogP contribution in [0.3, 0.4) is 0 Å². The number of nitrogens with zero attached hydrogens (tertiary/aromatic N) is 2. The van der Waals surface area contributed by atoms with Crippen LogP contribution < -0.4 is 0 Å². The highest BCUT2D eigenvalue weighted by Crippen LogP contribution is 2.39. The lowest BCUT2D eigenvalue weighted by Gasteiger charge is -2.04. The summed E-state index contributed by atoms with van der Waals surface area (Å²) in [7, 11) is 0. The highest BCUT2D eigenvalue weighted by molar-refractivity contribution is 6.31. The van der Waals surface area contributed by atoms with Gasteiger partial charge >= 0.3 is 5.97 Å². The minimum absolute atomic E-state index is 0.00138. The molecule has 0 atom stereocenters. The number of carboxylic acid groups (broad SMARTS) is 1. The average molecular weight is 312 g/mol. The van der Waals surface area contributed by atoms with Crippen molar-refractivity contribution in [1.82, 2.24) is 15.4 Å². The molecule has 0 unspecified atom stereocenters. The standard InChI is InChI=1S/C16H10ClN3O2/c17-11-3-1-8-5-10-6-9(2-4-12(10)13(8)7-11)14-15(16(21)22)19-20-18-14/h1-4,6-7H,5H2,(H,21,22)(H,18,19,20). The van der Waals surface area contributed by atoms with E-state index in [0.717, 1.165) is 28.7 Å². The number of carboxylic acids is 1. The van der Waals surface area contributed by atoms with Gasteiger partial charge in [0.2, 0.25) is 0 Å². The molecule has 0 saturated carbocycles. The van der Waals surface area contributed by atoms with Crippen LogP contribution >= 0.6 is 11.6 Å². The third-order valence-corrected chi connectivity index (χ3v) is 4.12. The Hall–Kier alpha value is -2.66. The lowest BCUT2D eigenvalue weighted by Crippen LogP contribution is -1.99. The van der Waals surface area contributed by atoms with Crippen LogP contribution in [0, 0.1) is 0 Å². The second-order valence-corrected chi connectivity index (χ2v) is 5.63. The minimum atomic E-state index is -1.07. The van der Waals surface area contributed by atoms with Gasteiger partial charge in [0.15, 0.2) is 5.69 Å². The molecule has 3 aromatic rings. The van der Waals surface area contributed by atoms with Gasteiger partial charge in [0.25, 0.3) is 0 Å². The Balaban J connectivity index is 1.83. The first-order valence-electron chi connectivity index (χ1n) is 6.70. The Morgan fingerprint density at radius 3 is 2.82 bits per heavy atom. The van der Waals surface area contributed by atoms with Crippen LogP contribution in [0.4, 0.5) is 0 Å². The number of aromatic carboxylic acids is 1. The molecule has 22 heavy (non-hydrogen) atoms. The molecule has 2 aromatic carbocycles. The fourth-order valence-corrected chi connectivity index (χ4v) is 3.06. The van der Waals surface area contributed by atoms with Crippen LogP contribution in [-0.4, -0.2) is 26.5 Å². The van der Waals surface area contributed by atoms with E-state index in [2.05, 4.69) is 15.4 Å². The van der Waals surface area contributed by atoms with Crippen molar-refractivity contribution in [2.24, 2.45) is 0 Å². The zero-order valence-electron chi connectivity index (χ0n) is 11.3. The second kappa shape index (κ2) is 4.68. The molecule has 6 heteroatoms. The van der Waals surface area contributed by atoms with Crippen LogP contribution in [0.1, 0.15) is 21.6 Å². The Kier molecular flexibility index (Phi) is 2.77. The van der Waals surface area contributed by atoms with Gasteiger partial charge < -0.3 is 5.11 Å². The summed E-state index contributed by atoms with van der Waals surface area (Å²) in [5, 5.41) is 19.8. The van der Waals surface area contributed by atoms with Crippen LogP contribution in [0.5, 0.6) is 0 Å². The number of hydrogen-bond acceptors (Lipinski definition) is 3. The fourth-order valence-electron chi connectivity index (χ4n) is 2.89. The van der Waals surface area contributed by atoms with E-state index in [1.807, 2.05) is 36.4 Å². The van der Waals surface area contributed by atoms with Crippen molar-refractivity contribution in [1.29, 1.82) is 0 Å². The van der Waals surface area contributed by atoms with E-state index in [9.17, 15) is 4.79 Å². The first-order chi connectivity index (χ1) is 10.6. The van der Waals surface area contributed by atoms with E-state index in [-0.39, 0.29) is 5.69 Å². The highest BCUT2D eigenvalue weighted by atomic mass is 35.5. The van der Waals surface area contributed by atoms with Crippen molar-refractivity contribution >= 4 is 17.6 Å². The summed E-state index contributed by atoms with van der Waals surface area (Å²) >= 11 is 6.07. The SMILES string of the molecule is O=C(O)c1[nH]nnc1-c1ccc2c(c1)Cc1ccc(Cl)cc1-2. The molecule has 0 saturated heterocycles. The normalized spacial score (nSPS) is 12.0. The molecule has 2 N–H and O–H groups in total. The monoisotopic (exact) mass is 311 g/mol. The average Bonchev–Trinajstić information content (AvgIpc) is 3.10. The third kappa shape index (κ3) is 1.90. The van der Waals surface area contributed by atoms with E-state index < -0.39 is 5.97 Å². The summed E-state index contributed by atoms with van der Waals surface area (Å²) in [6, 6.07) is 11.7. The second-order valence-electron chi connectivity index (χ2n) is 5.19. The third-order valence-electron chi connectivity index (χ3n) is 3.88. The molecule has 0 aliphatic heterocycles. The van der Waals surface area contributed by atoms with Gasteiger partial charge in [0, 0.05) is 10.6 Å². The van der Waals surface area contributed by atoms with Gasteiger partial charge in [-0.25, -0.2) is 4.79 Å². The number of halogens is 1. The first-order valence-corrected chi connectivity index (χ1v) is 7.08. The number of aromatic nitrogens is 3. The molecular formula is C16H10ClN3O2. The Morgan fingerprint density at radius 2 is 2.00 bits per heavy atom. The van der Waals surface area contributed by atoms with Crippen LogP contribution in [0.2, 0.25) is 5.02 Å². The van der Waals surface area contributed by atoms with Crippen molar-refractivity contribution in [3.8, 4) is 22.4 Å². The molecule has 1 heterocycles. The first kappa shape index (κ1) is 13.0. The Labute approximate surface area is 130 Å². The van der Waals surface area contributed by atoms with Gasteiger partial charge in [0.1, 0.15) is 5.69 Å². The van der Waals surface area contributed by atoms with Gasteiger partial charge in [-0.15, -0.1) is 5.10 Å². The van der Waals surface area contributed by atoms with Crippen LogP contribution in [-0.2, 0) is 6.42 Å². The van der Waals surface area contributed by atoms with Crippen molar-refractivity contribution in [3.05, 3.63) is 58.2 Å². The van der Waals surface area contributed by atoms with Gasteiger partial charge in [-0.05, 0) is 46.9 Å². The predicted molar refractivity (Wildman–Crippen MR) is 82.0 cm³/mol. The predicted octanol–water partition coefficient (Wildman–Crippen LogP) is 3.39. The van der Waals surface area contributed by atoms with Crippen molar-refractivity contribution in [2.75, 3.05) is 0 Å².